The highest BCUT2D eigenvalue weighted by Gasteiger charge is 2.16. The van der Waals surface area contributed by atoms with E-state index >= 15 is 0 Å². The Morgan fingerprint density at radius 3 is 2.56 bits per heavy atom. The molecule has 4 rings (SSSR count). The first-order valence-electron chi connectivity index (χ1n) is 12.9. The number of anilines is 1. The van der Waals surface area contributed by atoms with Crippen LogP contribution in [0.5, 0.6) is 0 Å². The van der Waals surface area contributed by atoms with Gasteiger partial charge in [-0.3, -0.25) is 19.3 Å². The highest BCUT2D eigenvalue weighted by atomic mass is 32.2. The van der Waals surface area contributed by atoms with E-state index < -0.39 is 15.6 Å². The van der Waals surface area contributed by atoms with Crippen molar-refractivity contribution in [3.8, 4) is 11.8 Å². The molecule has 10 heteroatoms. The fourth-order valence-corrected chi connectivity index (χ4v) is 5.44. The van der Waals surface area contributed by atoms with Gasteiger partial charge in [-0.05, 0) is 62.4 Å². The van der Waals surface area contributed by atoms with E-state index in [-0.39, 0.29) is 30.4 Å². The number of carbonyl (C=O) groups excluding carboxylic acids is 2. The number of nitrogens with zero attached hydrogens (tertiary/aromatic N) is 1. The van der Waals surface area contributed by atoms with Crippen LogP contribution in [0, 0.1) is 18.8 Å². The summed E-state index contributed by atoms with van der Waals surface area (Å²) in [6.07, 6.45) is 4.94. The van der Waals surface area contributed by atoms with Gasteiger partial charge in [0.05, 0.1) is 21.5 Å². The Balaban J connectivity index is 1.49. The SMILES string of the molecule is Cc1ccoc1C(=O)Nc1cccc(C#Cc2cncc(C(=O)NS(=O)(=CCNCCCO)c3ccccc3)c2)c1. The van der Waals surface area contributed by atoms with Crippen molar-refractivity contribution in [1.82, 2.24) is 15.0 Å². The fourth-order valence-electron chi connectivity index (χ4n) is 3.74. The minimum atomic E-state index is -3.06. The highest BCUT2D eigenvalue weighted by molar-refractivity contribution is 8.00. The first-order chi connectivity index (χ1) is 19.9. The molecule has 0 spiro atoms. The van der Waals surface area contributed by atoms with Crippen molar-refractivity contribution < 1.29 is 23.3 Å². The summed E-state index contributed by atoms with van der Waals surface area (Å²) >= 11 is 0. The minimum Gasteiger partial charge on any atom is -0.459 e. The second-order valence-electron chi connectivity index (χ2n) is 8.97. The van der Waals surface area contributed by atoms with Crippen molar-refractivity contribution in [3.05, 3.63) is 113 Å². The number of amides is 2. The van der Waals surface area contributed by atoms with Crippen molar-refractivity contribution >= 4 is 32.6 Å². The third-order valence-corrected chi connectivity index (χ3v) is 7.95. The average Bonchev–Trinajstić information content (AvgIpc) is 3.43. The van der Waals surface area contributed by atoms with Crippen LogP contribution in [0.25, 0.3) is 0 Å². The molecule has 1 unspecified atom stereocenters. The Bertz CT molecular complexity index is 1700. The number of benzene rings is 2. The molecule has 0 bridgehead atoms. The van der Waals surface area contributed by atoms with Gasteiger partial charge in [0.2, 0.25) is 0 Å². The summed E-state index contributed by atoms with van der Waals surface area (Å²) in [6.45, 7) is 2.67. The second kappa shape index (κ2) is 14.1. The van der Waals surface area contributed by atoms with E-state index in [1.165, 1.54) is 24.0 Å². The van der Waals surface area contributed by atoms with Crippen LogP contribution in [0.3, 0.4) is 0 Å². The maximum Gasteiger partial charge on any atom is 0.291 e. The molecule has 1 atom stereocenters. The summed E-state index contributed by atoms with van der Waals surface area (Å²) in [7, 11) is -3.06. The average molecular weight is 571 g/mol. The second-order valence-corrected chi connectivity index (χ2v) is 11.2. The molecular formula is C31H30N4O5S. The number of rotatable bonds is 10. The predicted octanol–water partition coefficient (Wildman–Crippen LogP) is 3.40. The zero-order chi connectivity index (χ0) is 29.1. The molecule has 0 aliphatic rings. The summed E-state index contributed by atoms with van der Waals surface area (Å²) in [5.41, 5.74) is 2.63. The molecule has 0 radical (unpaired) electrons. The lowest BCUT2D eigenvalue weighted by atomic mass is 10.1. The van der Waals surface area contributed by atoms with Crippen LogP contribution < -0.4 is 15.4 Å². The lowest BCUT2D eigenvalue weighted by molar-refractivity contribution is 0.0978. The molecule has 4 aromatic rings. The monoisotopic (exact) mass is 570 g/mol. The van der Waals surface area contributed by atoms with Gasteiger partial charge >= 0.3 is 0 Å². The van der Waals surface area contributed by atoms with Gasteiger partial charge in [-0.2, -0.15) is 0 Å². The minimum absolute atomic E-state index is 0.0531. The van der Waals surface area contributed by atoms with Gasteiger partial charge in [0, 0.05) is 58.2 Å². The molecule has 210 valence electrons. The molecule has 2 aromatic heterocycles. The number of aryl methyl sites for hydroxylation is 1. The Morgan fingerprint density at radius 2 is 1.80 bits per heavy atom. The van der Waals surface area contributed by atoms with Gasteiger partial charge in [0.15, 0.2) is 5.76 Å². The highest BCUT2D eigenvalue weighted by Crippen LogP contribution is 2.15. The Kier molecular flexibility index (Phi) is 10.1. The van der Waals surface area contributed by atoms with Crippen LogP contribution >= 0.6 is 0 Å². The number of furan rings is 1. The van der Waals surface area contributed by atoms with Crippen LogP contribution in [0.15, 0.2) is 94.7 Å². The van der Waals surface area contributed by atoms with E-state index in [1.807, 2.05) is 0 Å². The third kappa shape index (κ3) is 8.16. The topological polar surface area (TPSA) is 134 Å². The van der Waals surface area contributed by atoms with Gasteiger partial charge in [-0.25, -0.2) is 4.21 Å². The van der Waals surface area contributed by atoms with Gasteiger partial charge in [0.1, 0.15) is 0 Å². The largest absolute Gasteiger partial charge is 0.459 e. The quantitative estimate of drug-likeness (QED) is 0.130. The molecule has 2 aromatic carbocycles. The van der Waals surface area contributed by atoms with Crippen molar-refractivity contribution in [1.29, 1.82) is 0 Å². The van der Waals surface area contributed by atoms with E-state index in [4.69, 9.17) is 9.52 Å². The Labute approximate surface area is 239 Å². The maximum atomic E-state index is 13.8. The summed E-state index contributed by atoms with van der Waals surface area (Å²) in [4.78, 5) is 30.2. The van der Waals surface area contributed by atoms with E-state index in [1.54, 1.807) is 73.7 Å². The number of nitrogens with one attached hydrogen (secondary N) is 3. The molecule has 0 saturated heterocycles. The van der Waals surface area contributed by atoms with Crippen molar-refractivity contribution in [2.24, 2.45) is 0 Å². The van der Waals surface area contributed by atoms with Gasteiger partial charge in [0.25, 0.3) is 11.8 Å². The molecule has 0 fully saturated rings. The summed E-state index contributed by atoms with van der Waals surface area (Å²) in [5, 5.41) is 16.4. The van der Waals surface area contributed by atoms with Crippen LogP contribution in [0.2, 0.25) is 0 Å². The smallest absolute Gasteiger partial charge is 0.291 e. The predicted molar refractivity (Wildman–Crippen MR) is 159 cm³/mol. The van der Waals surface area contributed by atoms with Gasteiger partial charge in [-0.1, -0.05) is 36.1 Å². The number of carbonyl (C=O) groups is 2. The molecule has 0 saturated carbocycles. The molecule has 0 aliphatic heterocycles. The molecule has 0 aliphatic carbocycles. The fraction of sp³-hybridized carbons (Fsp3) is 0.161. The van der Waals surface area contributed by atoms with Crippen LogP contribution in [-0.2, 0) is 9.71 Å². The summed E-state index contributed by atoms with van der Waals surface area (Å²) in [6, 6.07) is 19.0. The van der Waals surface area contributed by atoms with Crippen molar-refractivity contribution in [3.63, 3.8) is 0 Å². The number of aromatic nitrogens is 1. The van der Waals surface area contributed by atoms with Gasteiger partial charge in [-0.15, -0.1) is 0 Å². The molecule has 2 heterocycles. The van der Waals surface area contributed by atoms with E-state index in [2.05, 4.69) is 32.2 Å². The lowest BCUT2D eigenvalue weighted by Gasteiger charge is -2.14. The number of pyridine rings is 1. The number of hydrogen-bond donors (Lipinski definition) is 4. The van der Waals surface area contributed by atoms with Crippen LogP contribution in [0.1, 0.15) is 44.0 Å². The maximum absolute atomic E-state index is 13.8. The normalized spacial score (nSPS) is 12.0. The van der Waals surface area contributed by atoms with E-state index in [0.717, 1.165) is 5.56 Å². The number of aliphatic hydroxyl groups excluding tert-OH is 1. The first kappa shape index (κ1) is 29.3. The zero-order valence-corrected chi connectivity index (χ0v) is 23.2. The molecular weight excluding hydrogens is 540 g/mol. The standard InChI is InChI=1S/C31H30N4O5S/c1-23-13-17-40-29(23)31(38)34-27-8-5-7-24(20-27)11-12-25-19-26(22-33-21-25)30(37)35-41(39,18-15-32-14-6-16-36)28-9-3-2-4-10-28/h2-5,7-10,13,17-22,32,36H,6,14-16H2,1H3,(H,34,38)(H,35,37,39). The van der Waals surface area contributed by atoms with E-state index in [9.17, 15) is 13.8 Å². The first-order valence-corrected chi connectivity index (χ1v) is 14.5. The summed E-state index contributed by atoms with van der Waals surface area (Å²) in [5.74, 6) is 5.34. The number of aliphatic hydroxyl groups is 1. The Hall–Kier alpha value is -4.69. The van der Waals surface area contributed by atoms with Gasteiger partial charge < -0.3 is 20.2 Å². The molecule has 41 heavy (non-hydrogen) atoms. The van der Waals surface area contributed by atoms with E-state index in [0.29, 0.717) is 34.7 Å². The molecule has 9 nitrogen and oxygen atoms in total. The number of hydrogen-bond acceptors (Lipinski definition) is 7. The Morgan fingerprint density at radius 1 is 1.00 bits per heavy atom. The van der Waals surface area contributed by atoms with Crippen LogP contribution in [-0.4, -0.2) is 51.2 Å². The zero-order valence-electron chi connectivity index (χ0n) is 22.4. The van der Waals surface area contributed by atoms with Crippen LogP contribution in [0.4, 0.5) is 5.69 Å². The van der Waals surface area contributed by atoms with Crippen molar-refractivity contribution in [2.45, 2.75) is 18.2 Å². The molecule has 2 amide bonds. The third-order valence-electron chi connectivity index (χ3n) is 5.85. The van der Waals surface area contributed by atoms with Crippen molar-refractivity contribution in [2.75, 3.05) is 25.0 Å². The lowest BCUT2D eigenvalue weighted by Crippen LogP contribution is -2.34. The molecule has 4 N–H and O–H groups in total. The summed E-state index contributed by atoms with van der Waals surface area (Å²) < 4.78 is 21.7.